The van der Waals surface area contributed by atoms with E-state index < -0.39 is 0 Å². The maximum absolute atomic E-state index is 6.07. The molecule has 84 valence electrons. The summed E-state index contributed by atoms with van der Waals surface area (Å²) >= 11 is 0. The molecular weight excluding hydrogens is 188 g/mol. The van der Waals surface area contributed by atoms with Gasteiger partial charge in [-0.25, -0.2) is 0 Å². The lowest BCUT2D eigenvalue weighted by Crippen LogP contribution is -2.47. The first-order valence-corrected chi connectivity index (χ1v) is 5.60. The Kier molecular flexibility index (Phi) is 3.07. The van der Waals surface area contributed by atoms with E-state index in [1.165, 1.54) is 12.0 Å². The molecule has 1 aromatic rings. The Bertz CT molecular complexity index is 320. The van der Waals surface area contributed by atoms with Gasteiger partial charge in [0, 0.05) is 37.9 Å². The number of hydrogen-bond acceptors (Lipinski definition) is 3. The van der Waals surface area contributed by atoms with Crippen LogP contribution >= 0.6 is 0 Å². The third-order valence-electron chi connectivity index (χ3n) is 3.27. The van der Waals surface area contributed by atoms with Gasteiger partial charge in [0.1, 0.15) is 0 Å². The third-order valence-corrected chi connectivity index (χ3v) is 3.27. The summed E-state index contributed by atoms with van der Waals surface area (Å²) in [5.74, 6) is 0.662. The summed E-state index contributed by atoms with van der Waals surface area (Å²) in [6.07, 6.45) is 5.22. The second kappa shape index (κ2) is 4.33. The van der Waals surface area contributed by atoms with Crippen LogP contribution in [0.25, 0.3) is 0 Å². The fourth-order valence-corrected chi connectivity index (χ4v) is 2.12. The Morgan fingerprint density at radius 2 is 2.40 bits per heavy atom. The minimum Gasteiger partial charge on any atom is -0.326 e. The van der Waals surface area contributed by atoms with Crippen molar-refractivity contribution < 1.29 is 0 Å². The molecule has 0 bridgehead atoms. The number of piperidine rings is 1. The molecule has 4 heteroatoms. The molecule has 0 spiro atoms. The van der Waals surface area contributed by atoms with Gasteiger partial charge >= 0.3 is 0 Å². The van der Waals surface area contributed by atoms with Gasteiger partial charge in [-0.15, -0.1) is 0 Å². The highest BCUT2D eigenvalue weighted by atomic mass is 15.2. The summed E-state index contributed by atoms with van der Waals surface area (Å²) in [6.45, 7) is 5.39. The highest BCUT2D eigenvalue weighted by Gasteiger charge is 2.22. The van der Waals surface area contributed by atoms with E-state index >= 15 is 0 Å². The monoisotopic (exact) mass is 208 g/mol. The van der Waals surface area contributed by atoms with E-state index in [2.05, 4.69) is 23.1 Å². The van der Waals surface area contributed by atoms with Gasteiger partial charge in [0.05, 0.1) is 6.20 Å². The minimum absolute atomic E-state index is 0.329. The summed E-state index contributed by atoms with van der Waals surface area (Å²) in [5.41, 5.74) is 7.34. The van der Waals surface area contributed by atoms with Crippen LogP contribution in [0.3, 0.4) is 0 Å². The quantitative estimate of drug-likeness (QED) is 0.774. The molecule has 2 unspecified atom stereocenters. The number of likely N-dealkylation sites (tertiary alicyclic amines) is 1. The van der Waals surface area contributed by atoms with E-state index in [1.54, 1.807) is 0 Å². The third kappa shape index (κ3) is 2.58. The largest absolute Gasteiger partial charge is 0.326 e. The average molecular weight is 208 g/mol. The topological polar surface area (TPSA) is 47.1 Å². The van der Waals surface area contributed by atoms with E-state index in [0.717, 1.165) is 19.6 Å². The van der Waals surface area contributed by atoms with Gasteiger partial charge < -0.3 is 5.73 Å². The number of hydrogen-bond donors (Lipinski definition) is 1. The zero-order chi connectivity index (χ0) is 10.8. The van der Waals surface area contributed by atoms with Crippen molar-refractivity contribution in [2.75, 3.05) is 13.1 Å². The van der Waals surface area contributed by atoms with Gasteiger partial charge in [-0.3, -0.25) is 9.58 Å². The first-order chi connectivity index (χ1) is 7.15. The number of aromatic nitrogens is 2. The maximum atomic E-state index is 6.07. The Hall–Kier alpha value is -0.870. The fraction of sp³-hybridized carbons (Fsp3) is 0.727. The number of aryl methyl sites for hydroxylation is 1. The van der Waals surface area contributed by atoms with Crippen LogP contribution in [-0.4, -0.2) is 33.8 Å². The van der Waals surface area contributed by atoms with Crippen molar-refractivity contribution in [3.05, 3.63) is 18.0 Å². The highest BCUT2D eigenvalue weighted by Crippen LogP contribution is 2.17. The van der Waals surface area contributed by atoms with E-state index in [-0.39, 0.29) is 0 Å². The van der Waals surface area contributed by atoms with Gasteiger partial charge in [-0.1, -0.05) is 6.92 Å². The van der Waals surface area contributed by atoms with Gasteiger partial charge in [0.2, 0.25) is 0 Å². The van der Waals surface area contributed by atoms with E-state index in [1.807, 2.05) is 17.9 Å². The second-order valence-electron chi connectivity index (χ2n) is 4.69. The molecule has 2 heterocycles. The van der Waals surface area contributed by atoms with Crippen LogP contribution in [0.1, 0.15) is 18.9 Å². The Labute approximate surface area is 91.1 Å². The zero-order valence-electron chi connectivity index (χ0n) is 9.56. The molecule has 0 aromatic carbocycles. The molecule has 1 aliphatic heterocycles. The molecule has 2 rings (SSSR count). The Morgan fingerprint density at radius 3 is 3.00 bits per heavy atom. The van der Waals surface area contributed by atoms with Crippen LogP contribution in [0.4, 0.5) is 0 Å². The minimum atomic E-state index is 0.329. The van der Waals surface area contributed by atoms with Crippen molar-refractivity contribution in [3.63, 3.8) is 0 Å². The predicted molar refractivity (Wildman–Crippen MR) is 60.2 cm³/mol. The summed E-state index contributed by atoms with van der Waals surface area (Å²) in [5, 5.41) is 4.17. The van der Waals surface area contributed by atoms with Crippen LogP contribution in [0.2, 0.25) is 0 Å². The molecule has 0 radical (unpaired) electrons. The molecule has 2 atom stereocenters. The number of nitrogens with two attached hydrogens (primary N) is 1. The Morgan fingerprint density at radius 1 is 1.60 bits per heavy atom. The lowest BCUT2D eigenvalue weighted by molar-refractivity contribution is 0.162. The lowest BCUT2D eigenvalue weighted by atomic mass is 9.94. The van der Waals surface area contributed by atoms with Crippen molar-refractivity contribution in [2.45, 2.75) is 25.9 Å². The van der Waals surface area contributed by atoms with Crippen LogP contribution in [0.5, 0.6) is 0 Å². The maximum Gasteiger partial charge on any atom is 0.0534 e. The number of nitrogens with zero attached hydrogens (tertiary/aromatic N) is 3. The van der Waals surface area contributed by atoms with Crippen molar-refractivity contribution in [1.29, 1.82) is 0 Å². The molecule has 0 aliphatic carbocycles. The normalized spacial score (nSPS) is 28.2. The molecule has 1 fully saturated rings. The van der Waals surface area contributed by atoms with E-state index in [0.29, 0.717) is 12.0 Å². The fourth-order valence-electron chi connectivity index (χ4n) is 2.12. The summed E-state index contributed by atoms with van der Waals surface area (Å²) in [6, 6.07) is 0.329. The first-order valence-electron chi connectivity index (χ1n) is 5.60. The summed E-state index contributed by atoms with van der Waals surface area (Å²) in [4.78, 5) is 2.42. The van der Waals surface area contributed by atoms with Crippen molar-refractivity contribution in [1.82, 2.24) is 14.7 Å². The summed E-state index contributed by atoms with van der Waals surface area (Å²) < 4.78 is 1.85. The van der Waals surface area contributed by atoms with Crippen LogP contribution in [-0.2, 0) is 13.6 Å². The zero-order valence-corrected chi connectivity index (χ0v) is 9.56. The number of rotatable bonds is 2. The highest BCUT2D eigenvalue weighted by molar-refractivity contribution is 5.03. The van der Waals surface area contributed by atoms with Crippen LogP contribution in [0, 0.1) is 5.92 Å². The SMILES string of the molecule is CC1CCN(Cc2cnn(C)c2)CC1N. The first kappa shape index (κ1) is 10.6. The summed E-state index contributed by atoms with van der Waals surface area (Å²) in [7, 11) is 1.95. The predicted octanol–water partition coefficient (Wildman–Crippen LogP) is 0.589. The van der Waals surface area contributed by atoms with Crippen molar-refractivity contribution >= 4 is 0 Å². The molecule has 1 saturated heterocycles. The van der Waals surface area contributed by atoms with Gasteiger partial charge in [0.25, 0.3) is 0 Å². The second-order valence-corrected chi connectivity index (χ2v) is 4.69. The van der Waals surface area contributed by atoms with Crippen LogP contribution < -0.4 is 5.73 Å². The lowest BCUT2D eigenvalue weighted by Gasteiger charge is -2.34. The molecule has 15 heavy (non-hydrogen) atoms. The van der Waals surface area contributed by atoms with E-state index in [9.17, 15) is 0 Å². The van der Waals surface area contributed by atoms with Crippen molar-refractivity contribution in [2.24, 2.45) is 18.7 Å². The van der Waals surface area contributed by atoms with E-state index in [4.69, 9.17) is 5.73 Å². The smallest absolute Gasteiger partial charge is 0.0534 e. The molecule has 0 amide bonds. The molecule has 4 nitrogen and oxygen atoms in total. The molecule has 2 N–H and O–H groups in total. The van der Waals surface area contributed by atoms with Crippen molar-refractivity contribution in [3.8, 4) is 0 Å². The van der Waals surface area contributed by atoms with Crippen LogP contribution in [0.15, 0.2) is 12.4 Å². The molecular formula is C11H20N4. The van der Waals surface area contributed by atoms with Gasteiger partial charge in [-0.05, 0) is 18.9 Å². The average Bonchev–Trinajstić information content (AvgIpc) is 2.58. The standard InChI is InChI=1S/C11H20N4/c1-9-3-4-15(8-11(9)12)7-10-5-13-14(2)6-10/h5-6,9,11H,3-4,7-8,12H2,1-2H3. The Balaban J connectivity index is 1.90. The molecule has 1 aliphatic rings. The molecule has 1 aromatic heterocycles. The van der Waals surface area contributed by atoms with Gasteiger partial charge in [-0.2, -0.15) is 5.10 Å². The van der Waals surface area contributed by atoms with Gasteiger partial charge in [0.15, 0.2) is 0 Å². The molecule has 0 saturated carbocycles.